The second kappa shape index (κ2) is 8.52. The van der Waals surface area contributed by atoms with Gasteiger partial charge in [-0.1, -0.05) is 28.9 Å². The van der Waals surface area contributed by atoms with Crippen LogP contribution in [0, 0.1) is 0 Å². The molecule has 1 unspecified atom stereocenters. The van der Waals surface area contributed by atoms with Crippen LogP contribution in [0.2, 0.25) is 5.02 Å². The summed E-state index contributed by atoms with van der Waals surface area (Å²) in [4.78, 5) is 19.4. The maximum Gasteiger partial charge on any atom is 0.322 e. The molecule has 6 rings (SSSR count). The highest BCUT2D eigenvalue weighted by Crippen LogP contribution is 2.39. The summed E-state index contributed by atoms with van der Waals surface area (Å²) in [7, 11) is 0. The number of halogens is 1. The molecule has 2 aliphatic heterocycles. The van der Waals surface area contributed by atoms with E-state index in [1.54, 1.807) is 41.5 Å². The van der Waals surface area contributed by atoms with Crippen LogP contribution in [0.25, 0.3) is 17.0 Å². The minimum Gasteiger partial charge on any atom is -0.467 e. The molecule has 0 saturated carbocycles. The second-order valence-electron chi connectivity index (χ2n) is 8.09. The molecule has 0 fully saturated rings. The fraction of sp³-hybridized carbons (Fsp3) is 0.160. The summed E-state index contributed by atoms with van der Waals surface area (Å²) >= 11 is 6.26. The summed E-state index contributed by atoms with van der Waals surface area (Å²) in [5.74, 6) is 2.60. The Labute approximate surface area is 204 Å². The molecular formula is C25H19ClN4O5. The fourth-order valence-corrected chi connectivity index (χ4v) is 4.43. The quantitative estimate of drug-likeness (QED) is 0.399. The number of hydrogen-bond donors (Lipinski definition) is 1. The highest BCUT2D eigenvalue weighted by molar-refractivity contribution is 6.30. The molecule has 0 radical (unpaired) electrons. The van der Waals surface area contributed by atoms with Gasteiger partial charge in [0, 0.05) is 16.3 Å². The van der Waals surface area contributed by atoms with E-state index < -0.39 is 6.04 Å². The topological polar surface area (TPSA) is 103 Å². The van der Waals surface area contributed by atoms with E-state index in [1.165, 1.54) is 0 Å². The molecule has 0 aliphatic carbocycles. The standard InChI is InChI=1S/C25H19ClN4O5/c1-14-21(24-28-23(29-35-24)16-7-8-19-20(11-16)34-13-33-19)22(15-4-2-5-17(26)10-15)27-25(31)30(14)12-18-6-3-9-32-18/h2-11,22H,12-13H2,1H3,(H,27,31). The van der Waals surface area contributed by atoms with Crippen molar-refractivity contribution in [2.75, 3.05) is 6.79 Å². The highest BCUT2D eigenvalue weighted by Gasteiger charge is 2.36. The zero-order chi connectivity index (χ0) is 23.9. The number of rotatable bonds is 5. The zero-order valence-corrected chi connectivity index (χ0v) is 19.3. The van der Waals surface area contributed by atoms with Gasteiger partial charge in [-0.3, -0.25) is 4.90 Å². The number of urea groups is 1. The van der Waals surface area contributed by atoms with Gasteiger partial charge in [0.1, 0.15) is 5.76 Å². The molecule has 1 N–H and O–H groups in total. The molecule has 0 bridgehead atoms. The van der Waals surface area contributed by atoms with E-state index in [-0.39, 0.29) is 25.3 Å². The molecule has 10 heteroatoms. The Hall–Kier alpha value is -4.24. The van der Waals surface area contributed by atoms with Crippen LogP contribution in [0.1, 0.15) is 30.2 Å². The number of nitrogens with zero attached hydrogens (tertiary/aromatic N) is 3. The predicted molar refractivity (Wildman–Crippen MR) is 125 cm³/mol. The number of ether oxygens (including phenoxy) is 2. The van der Waals surface area contributed by atoms with Gasteiger partial charge in [0.2, 0.25) is 12.6 Å². The molecule has 1 atom stereocenters. The summed E-state index contributed by atoms with van der Waals surface area (Å²) in [5, 5.41) is 7.80. The van der Waals surface area contributed by atoms with Gasteiger partial charge >= 0.3 is 6.03 Å². The van der Waals surface area contributed by atoms with Gasteiger partial charge in [-0.05, 0) is 55.0 Å². The number of hydrogen-bond acceptors (Lipinski definition) is 7. The van der Waals surface area contributed by atoms with Gasteiger partial charge in [0.05, 0.1) is 24.4 Å². The lowest BCUT2D eigenvalue weighted by Crippen LogP contribution is -2.45. The number of furan rings is 1. The Bertz CT molecular complexity index is 1450. The van der Waals surface area contributed by atoms with Crippen LogP contribution in [-0.4, -0.2) is 27.9 Å². The van der Waals surface area contributed by atoms with Crippen LogP contribution < -0.4 is 14.8 Å². The summed E-state index contributed by atoms with van der Waals surface area (Å²) in [6.07, 6.45) is 1.57. The van der Waals surface area contributed by atoms with Crippen molar-refractivity contribution in [1.29, 1.82) is 0 Å². The van der Waals surface area contributed by atoms with Crippen LogP contribution in [0.4, 0.5) is 4.79 Å². The highest BCUT2D eigenvalue weighted by atomic mass is 35.5. The first kappa shape index (κ1) is 21.3. The largest absolute Gasteiger partial charge is 0.467 e. The van der Waals surface area contributed by atoms with Gasteiger partial charge in [0.25, 0.3) is 5.89 Å². The molecule has 35 heavy (non-hydrogen) atoms. The molecule has 0 saturated heterocycles. The number of allylic oxidation sites excluding steroid dienone is 1. The lowest BCUT2D eigenvalue weighted by Gasteiger charge is -2.34. The first-order chi connectivity index (χ1) is 17.1. The number of carbonyl (C=O) groups is 1. The molecule has 4 aromatic rings. The van der Waals surface area contributed by atoms with E-state index in [9.17, 15) is 4.79 Å². The number of carbonyl (C=O) groups excluding carboxylic acids is 1. The Morgan fingerprint density at radius 3 is 2.83 bits per heavy atom. The molecule has 176 valence electrons. The van der Waals surface area contributed by atoms with Crippen molar-refractivity contribution in [3.8, 4) is 22.9 Å². The van der Waals surface area contributed by atoms with Gasteiger partial charge in [-0.2, -0.15) is 4.98 Å². The normalized spacial score (nSPS) is 17.1. The van der Waals surface area contributed by atoms with Crippen molar-refractivity contribution in [3.05, 3.63) is 88.8 Å². The summed E-state index contributed by atoms with van der Waals surface area (Å²) in [6, 6.07) is 15.5. The van der Waals surface area contributed by atoms with Gasteiger partial charge in [-0.15, -0.1) is 0 Å². The fourth-order valence-electron chi connectivity index (χ4n) is 4.23. The Balaban J connectivity index is 1.43. The average molecular weight is 491 g/mol. The Morgan fingerprint density at radius 1 is 1.11 bits per heavy atom. The molecular weight excluding hydrogens is 472 g/mol. The van der Waals surface area contributed by atoms with Crippen LogP contribution in [0.3, 0.4) is 0 Å². The van der Waals surface area contributed by atoms with E-state index in [4.69, 9.17) is 30.0 Å². The van der Waals surface area contributed by atoms with E-state index in [0.29, 0.717) is 44.9 Å². The van der Waals surface area contributed by atoms with Crippen molar-refractivity contribution >= 4 is 23.2 Å². The summed E-state index contributed by atoms with van der Waals surface area (Å²) in [6.45, 7) is 2.27. The first-order valence-electron chi connectivity index (χ1n) is 10.9. The van der Waals surface area contributed by atoms with E-state index in [0.717, 1.165) is 5.56 Å². The number of benzene rings is 2. The third-order valence-corrected chi connectivity index (χ3v) is 6.19. The summed E-state index contributed by atoms with van der Waals surface area (Å²) in [5.41, 5.74) is 2.84. The minimum atomic E-state index is -0.542. The maximum absolute atomic E-state index is 13.1. The van der Waals surface area contributed by atoms with Crippen LogP contribution in [0.15, 0.2) is 75.5 Å². The lowest BCUT2D eigenvalue weighted by molar-refractivity contribution is 0.174. The average Bonchev–Trinajstić information content (AvgIpc) is 3.63. The van der Waals surface area contributed by atoms with Crippen molar-refractivity contribution in [2.24, 2.45) is 0 Å². The Morgan fingerprint density at radius 2 is 2.00 bits per heavy atom. The van der Waals surface area contributed by atoms with Gasteiger partial charge in [0.15, 0.2) is 11.5 Å². The minimum absolute atomic E-state index is 0.175. The smallest absolute Gasteiger partial charge is 0.322 e. The van der Waals surface area contributed by atoms with Crippen molar-refractivity contribution in [2.45, 2.75) is 19.5 Å². The first-order valence-corrected chi connectivity index (χ1v) is 11.3. The van der Waals surface area contributed by atoms with Gasteiger partial charge < -0.3 is 23.7 Å². The lowest BCUT2D eigenvalue weighted by atomic mass is 9.94. The molecule has 2 amide bonds. The van der Waals surface area contributed by atoms with Crippen molar-refractivity contribution < 1.29 is 23.2 Å². The van der Waals surface area contributed by atoms with E-state index in [2.05, 4.69) is 15.5 Å². The number of nitrogens with one attached hydrogen (secondary N) is 1. The van der Waals surface area contributed by atoms with Gasteiger partial charge in [-0.25, -0.2) is 4.79 Å². The molecule has 2 aromatic heterocycles. The van der Waals surface area contributed by atoms with Crippen LogP contribution in [-0.2, 0) is 6.54 Å². The second-order valence-corrected chi connectivity index (χ2v) is 8.53. The predicted octanol–water partition coefficient (Wildman–Crippen LogP) is 5.41. The van der Waals surface area contributed by atoms with Crippen molar-refractivity contribution in [3.63, 3.8) is 0 Å². The SMILES string of the molecule is CC1=C(c2nc(-c3ccc4c(c3)OCO4)no2)C(c2cccc(Cl)c2)NC(=O)N1Cc1ccco1. The number of amides is 2. The molecule has 0 spiro atoms. The monoisotopic (exact) mass is 490 g/mol. The molecule has 9 nitrogen and oxygen atoms in total. The summed E-state index contributed by atoms with van der Waals surface area (Å²) < 4.78 is 22.0. The maximum atomic E-state index is 13.1. The third-order valence-electron chi connectivity index (χ3n) is 5.96. The van der Waals surface area contributed by atoms with Crippen molar-refractivity contribution in [1.82, 2.24) is 20.4 Å². The number of fused-ring (bicyclic) bond motifs is 1. The van der Waals surface area contributed by atoms with Crippen LogP contribution >= 0.6 is 11.6 Å². The Kier molecular flexibility index (Phi) is 5.18. The van der Waals surface area contributed by atoms with Crippen LogP contribution in [0.5, 0.6) is 11.5 Å². The molecule has 4 heterocycles. The van der Waals surface area contributed by atoms with E-state index in [1.807, 2.05) is 31.2 Å². The zero-order valence-electron chi connectivity index (χ0n) is 18.5. The molecule has 2 aromatic carbocycles. The number of aromatic nitrogens is 2. The molecule has 2 aliphatic rings. The van der Waals surface area contributed by atoms with E-state index >= 15 is 0 Å². The third kappa shape index (κ3) is 3.89.